The van der Waals surface area contributed by atoms with Gasteiger partial charge in [0.1, 0.15) is 0 Å². The number of carbonyl (C=O) groups excluding carboxylic acids is 1. The quantitative estimate of drug-likeness (QED) is 0.796. The predicted molar refractivity (Wildman–Crippen MR) is 60.2 cm³/mol. The van der Waals surface area contributed by atoms with Crippen molar-refractivity contribution in [2.45, 2.75) is 13.8 Å². The van der Waals surface area contributed by atoms with Crippen LogP contribution in [0.15, 0.2) is 29.8 Å². The van der Waals surface area contributed by atoms with Gasteiger partial charge in [-0.25, -0.2) is 0 Å². The van der Waals surface area contributed by atoms with Crippen molar-refractivity contribution in [2.75, 3.05) is 5.32 Å². The molecule has 1 rings (SSSR count). The normalized spacial score (nSPS) is 11.2. The van der Waals surface area contributed by atoms with Gasteiger partial charge >= 0.3 is 0 Å². The Balaban J connectivity index is 2.95. The van der Waals surface area contributed by atoms with E-state index >= 15 is 0 Å². The zero-order chi connectivity index (χ0) is 10.6. The standard InChI is InChI=1S/C11H12ClNO/c1-8(7-12)10-4-3-5-11(6-10)13-9(2)14/h3-7H,1-2H3,(H,13,14)/b8-7+. The lowest BCUT2D eigenvalue weighted by atomic mass is 10.1. The summed E-state index contributed by atoms with van der Waals surface area (Å²) in [5.74, 6) is -0.0744. The molecule has 1 aromatic rings. The fourth-order valence-electron chi connectivity index (χ4n) is 1.11. The maximum atomic E-state index is 10.8. The molecule has 0 saturated carbocycles. The van der Waals surface area contributed by atoms with Gasteiger partial charge in [-0.3, -0.25) is 4.79 Å². The van der Waals surface area contributed by atoms with Crippen molar-refractivity contribution in [3.63, 3.8) is 0 Å². The molecule has 1 aromatic carbocycles. The van der Waals surface area contributed by atoms with Gasteiger partial charge in [0.2, 0.25) is 5.91 Å². The van der Waals surface area contributed by atoms with Crippen molar-refractivity contribution < 1.29 is 4.79 Å². The van der Waals surface area contributed by atoms with Crippen LogP contribution < -0.4 is 5.32 Å². The van der Waals surface area contributed by atoms with E-state index in [1.54, 1.807) is 0 Å². The number of nitrogens with one attached hydrogen (secondary N) is 1. The smallest absolute Gasteiger partial charge is 0.221 e. The molecule has 0 aliphatic rings. The summed E-state index contributed by atoms with van der Waals surface area (Å²) in [7, 11) is 0. The molecule has 3 heteroatoms. The summed E-state index contributed by atoms with van der Waals surface area (Å²) >= 11 is 5.60. The highest BCUT2D eigenvalue weighted by atomic mass is 35.5. The summed E-state index contributed by atoms with van der Waals surface area (Å²) in [5.41, 5.74) is 4.28. The van der Waals surface area contributed by atoms with Gasteiger partial charge in [-0.15, -0.1) is 0 Å². The van der Waals surface area contributed by atoms with Crippen molar-refractivity contribution in [3.8, 4) is 0 Å². The molecule has 0 spiro atoms. The van der Waals surface area contributed by atoms with Gasteiger partial charge in [-0.05, 0) is 30.2 Å². The second-order valence-corrected chi connectivity index (χ2v) is 3.27. The third kappa shape index (κ3) is 2.89. The lowest BCUT2D eigenvalue weighted by molar-refractivity contribution is -0.114. The first-order chi connectivity index (χ1) is 6.63. The van der Waals surface area contributed by atoms with E-state index in [2.05, 4.69) is 5.32 Å². The molecular weight excluding hydrogens is 198 g/mol. The van der Waals surface area contributed by atoms with Gasteiger partial charge in [-0.2, -0.15) is 0 Å². The summed E-state index contributed by atoms with van der Waals surface area (Å²) in [5, 5.41) is 2.71. The largest absolute Gasteiger partial charge is 0.326 e. The average molecular weight is 210 g/mol. The molecule has 2 nitrogen and oxygen atoms in total. The van der Waals surface area contributed by atoms with Gasteiger partial charge in [0.25, 0.3) is 0 Å². The van der Waals surface area contributed by atoms with Crippen molar-refractivity contribution in [1.82, 2.24) is 0 Å². The molecule has 0 fully saturated rings. The Hall–Kier alpha value is -1.28. The van der Waals surface area contributed by atoms with Crippen LogP contribution in [0, 0.1) is 0 Å². The molecule has 1 N–H and O–H groups in total. The molecule has 0 bridgehead atoms. The van der Waals surface area contributed by atoms with E-state index in [-0.39, 0.29) is 5.91 Å². The molecule has 0 aliphatic heterocycles. The molecule has 0 aromatic heterocycles. The van der Waals surface area contributed by atoms with E-state index in [0.29, 0.717) is 0 Å². The highest BCUT2D eigenvalue weighted by Gasteiger charge is 1.98. The number of carbonyl (C=O) groups is 1. The lowest BCUT2D eigenvalue weighted by Gasteiger charge is -2.05. The zero-order valence-corrected chi connectivity index (χ0v) is 8.93. The van der Waals surface area contributed by atoms with Crippen LogP contribution >= 0.6 is 11.6 Å². The third-order valence-corrected chi connectivity index (χ3v) is 2.13. The lowest BCUT2D eigenvalue weighted by Crippen LogP contribution is -2.05. The first-order valence-corrected chi connectivity index (χ1v) is 4.72. The Morgan fingerprint density at radius 2 is 2.14 bits per heavy atom. The number of halogens is 1. The average Bonchev–Trinajstić information content (AvgIpc) is 2.16. The number of hydrogen-bond donors (Lipinski definition) is 1. The molecule has 74 valence electrons. The van der Waals surface area contributed by atoms with Crippen molar-refractivity contribution in [3.05, 3.63) is 35.4 Å². The fourth-order valence-corrected chi connectivity index (χ4v) is 1.23. The van der Waals surface area contributed by atoms with Crippen molar-refractivity contribution >= 4 is 28.8 Å². The topological polar surface area (TPSA) is 29.1 Å². The minimum atomic E-state index is -0.0744. The molecule has 0 saturated heterocycles. The van der Waals surface area contributed by atoms with Crippen molar-refractivity contribution in [2.24, 2.45) is 0 Å². The Morgan fingerprint density at radius 3 is 2.71 bits per heavy atom. The van der Waals surface area contributed by atoms with E-state index in [4.69, 9.17) is 11.6 Å². The zero-order valence-electron chi connectivity index (χ0n) is 8.17. The molecule has 0 radical (unpaired) electrons. The first kappa shape index (κ1) is 10.8. The van der Waals surface area contributed by atoms with E-state index in [0.717, 1.165) is 16.8 Å². The van der Waals surface area contributed by atoms with Crippen LogP contribution in [-0.4, -0.2) is 5.91 Å². The fraction of sp³-hybridized carbons (Fsp3) is 0.182. The van der Waals surface area contributed by atoms with Gasteiger partial charge in [0.05, 0.1) is 0 Å². The Bertz CT molecular complexity index is 371. The second kappa shape index (κ2) is 4.82. The highest BCUT2D eigenvalue weighted by molar-refractivity contribution is 6.28. The van der Waals surface area contributed by atoms with Crippen LogP contribution in [0.1, 0.15) is 19.4 Å². The first-order valence-electron chi connectivity index (χ1n) is 4.28. The molecular formula is C11H12ClNO. The van der Waals surface area contributed by atoms with Crippen LogP contribution in [0.2, 0.25) is 0 Å². The van der Waals surface area contributed by atoms with Crippen LogP contribution in [0.3, 0.4) is 0 Å². The molecule has 14 heavy (non-hydrogen) atoms. The minimum absolute atomic E-state index is 0.0744. The Labute approximate surface area is 88.6 Å². The van der Waals surface area contributed by atoms with Gasteiger partial charge in [0.15, 0.2) is 0 Å². The number of anilines is 1. The summed E-state index contributed by atoms with van der Waals surface area (Å²) < 4.78 is 0. The molecule has 0 unspecified atom stereocenters. The Morgan fingerprint density at radius 1 is 1.43 bits per heavy atom. The minimum Gasteiger partial charge on any atom is -0.326 e. The summed E-state index contributed by atoms with van der Waals surface area (Å²) in [6.07, 6.45) is 0. The van der Waals surface area contributed by atoms with Crippen LogP contribution in [0.5, 0.6) is 0 Å². The molecule has 1 amide bonds. The van der Waals surface area contributed by atoms with Crippen LogP contribution in [0.25, 0.3) is 5.57 Å². The van der Waals surface area contributed by atoms with Gasteiger partial charge in [-0.1, -0.05) is 23.7 Å². The molecule has 0 heterocycles. The van der Waals surface area contributed by atoms with E-state index in [1.807, 2.05) is 31.2 Å². The highest BCUT2D eigenvalue weighted by Crippen LogP contribution is 2.18. The SMILES string of the molecule is CC(=O)Nc1cccc(/C(C)=C/Cl)c1. The maximum absolute atomic E-state index is 10.8. The molecule has 0 aliphatic carbocycles. The van der Waals surface area contributed by atoms with Crippen LogP contribution in [0.4, 0.5) is 5.69 Å². The third-order valence-electron chi connectivity index (χ3n) is 1.80. The van der Waals surface area contributed by atoms with E-state index in [9.17, 15) is 4.79 Å². The van der Waals surface area contributed by atoms with E-state index in [1.165, 1.54) is 12.5 Å². The monoisotopic (exact) mass is 209 g/mol. The summed E-state index contributed by atoms with van der Waals surface area (Å²) in [6.45, 7) is 3.40. The number of amides is 1. The maximum Gasteiger partial charge on any atom is 0.221 e. The van der Waals surface area contributed by atoms with Crippen LogP contribution in [-0.2, 0) is 4.79 Å². The van der Waals surface area contributed by atoms with E-state index < -0.39 is 0 Å². The summed E-state index contributed by atoms with van der Waals surface area (Å²) in [6, 6.07) is 7.55. The predicted octanol–water partition coefficient (Wildman–Crippen LogP) is 3.24. The number of benzene rings is 1. The van der Waals surface area contributed by atoms with Crippen molar-refractivity contribution in [1.29, 1.82) is 0 Å². The molecule has 0 atom stereocenters. The summed E-state index contributed by atoms with van der Waals surface area (Å²) in [4.78, 5) is 10.8. The number of rotatable bonds is 2. The van der Waals surface area contributed by atoms with Gasteiger partial charge < -0.3 is 5.32 Å². The number of hydrogen-bond acceptors (Lipinski definition) is 1. The number of allylic oxidation sites excluding steroid dienone is 1. The van der Waals surface area contributed by atoms with Gasteiger partial charge in [0, 0.05) is 18.1 Å². The Kier molecular flexibility index (Phi) is 3.72. The second-order valence-electron chi connectivity index (χ2n) is 3.05.